The van der Waals surface area contributed by atoms with Crippen molar-refractivity contribution in [1.29, 1.82) is 0 Å². The summed E-state index contributed by atoms with van der Waals surface area (Å²) in [6, 6.07) is 2.60. The number of nitrogens with two attached hydrogens (primary N) is 1. The van der Waals surface area contributed by atoms with Crippen LogP contribution in [0.2, 0.25) is 10.0 Å². The molecule has 1 fully saturated rings. The standard InChI is InChI=1S/C13H14Cl2N2O3S/c14-9-3-7(4-10(15)12(9)16)13(20)17-1-2-21-6-8(17)5-11(18)19/h3-4,8H,1-2,5-6,16H2,(H,18,19). The number of thioether (sulfide) groups is 1. The minimum Gasteiger partial charge on any atom is -0.481 e. The first kappa shape index (κ1) is 16.3. The van der Waals surface area contributed by atoms with Gasteiger partial charge in [-0.1, -0.05) is 23.2 Å². The Labute approximate surface area is 136 Å². The van der Waals surface area contributed by atoms with Crippen molar-refractivity contribution in [1.82, 2.24) is 4.90 Å². The molecule has 0 saturated carbocycles. The van der Waals surface area contributed by atoms with Gasteiger partial charge >= 0.3 is 5.97 Å². The molecule has 3 N–H and O–H groups in total. The van der Waals surface area contributed by atoms with Crippen LogP contribution in [0.3, 0.4) is 0 Å². The van der Waals surface area contributed by atoms with Crippen molar-refractivity contribution in [2.45, 2.75) is 12.5 Å². The highest BCUT2D eigenvalue weighted by molar-refractivity contribution is 7.99. The Kier molecular flexibility index (Phi) is 5.24. The number of carbonyl (C=O) groups excluding carboxylic acids is 1. The van der Waals surface area contributed by atoms with Gasteiger partial charge in [0.1, 0.15) is 0 Å². The van der Waals surface area contributed by atoms with Gasteiger partial charge < -0.3 is 15.7 Å². The Bertz CT molecular complexity index is 560. The molecule has 0 aliphatic carbocycles. The van der Waals surface area contributed by atoms with Crippen LogP contribution in [0.1, 0.15) is 16.8 Å². The Morgan fingerprint density at radius 3 is 2.57 bits per heavy atom. The topological polar surface area (TPSA) is 83.6 Å². The molecule has 0 spiro atoms. The minimum absolute atomic E-state index is 0.0742. The van der Waals surface area contributed by atoms with Crippen LogP contribution in [0.15, 0.2) is 12.1 Å². The Hall–Kier alpha value is -1.11. The summed E-state index contributed by atoms with van der Waals surface area (Å²) < 4.78 is 0. The number of carboxylic acid groups (broad SMARTS) is 1. The van der Waals surface area contributed by atoms with E-state index in [2.05, 4.69) is 0 Å². The van der Waals surface area contributed by atoms with Crippen LogP contribution in [0.4, 0.5) is 5.69 Å². The highest BCUT2D eigenvalue weighted by atomic mass is 35.5. The van der Waals surface area contributed by atoms with Gasteiger partial charge in [-0.2, -0.15) is 11.8 Å². The molecule has 5 nitrogen and oxygen atoms in total. The molecule has 1 heterocycles. The molecule has 0 bridgehead atoms. The summed E-state index contributed by atoms with van der Waals surface area (Å²) in [5.41, 5.74) is 6.20. The second-order valence-electron chi connectivity index (χ2n) is 4.68. The molecule has 0 aromatic heterocycles. The molecule has 1 aromatic carbocycles. The second-order valence-corrected chi connectivity index (χ2v) is 6.64. The number of nitrogen functional groups attached to an aromatic ring is 1. The predicted molar refractivity (Wildman–Crippen MR) is 85.3 cm³/mol. The van der Waals surface area contributed by atoms with Crippen LogP contribution in [-0.2, 0) is 4.79 Å². The molecule has 1 saturated heterocycles. The number of amides is 1. The van der Waals surface area contributed by atoms with Crippen molar-refractivity contribution in [3.05, 3.63) is 27.7 Å². The van der Waals surface area contributed by atoms with Crippen LogP contribution in [0.5, 0.6) is 0 Å². The lowest BCUT2D eigenvalue weighted by atomic mass is 10.1. The van der Waals surface area contributed by atoms with Crippen molar-refractivity contribution in [3.8, 4) is 0 Å². The first-order chi connectivity index (χ1) is 9.90. The summed E-state index contributed by atoms with van der Waals surface area (Å²) in [5, 5.41) is 9.38. The number of benzene rings is 1. The monoisotopic (exact) mass is 348 g/mol. The van der Waals surface area contributed by atoms with Gasteiger partial charge in [0.15, 0.2) is 0 Å². The van der Waals surface area contributed by atoms with Gasteiger partial charge in [0.2, 0.25) is 0 Å². The van der Waals surface area contributed by atoms with E-state index in [1.54, 1.807) is 16.7 Å². The van der Waals surface area contributed by atoms with Crippen molar-refractivity contribution >= 4 is 52.5 Å². The molecule has 1 amide bonds. The van der Waals surface area contributed by atoms with E-state index in [9.17, 15) is 9.59 Å². The van der Waals surface area contributed by atoms with Crippen molar-refractivity contribution in [3.63, 3.8) is 0 Å². The molecule has 21 heavy (non-hydrogen) atoms. The maximum absolute atomic E-state index is 12.6. The molecular formula is C13H14Cl2N2O3S. The molecule has 114 valence electrons. The van der Waals surface area contributed by atoms with Crippen LogP contribution >= 0.6 is 35.0 Å². The molecule has 1 aliphatic rings. The highest BCUT2D eigenvalue weighted by Crippen LogP contribution is 2.30. The summed E-state index contributed by atoms with van der Waals surface area (Å²) in [5.74, 6) is 0.186. The molecule has 8 heteroatoms. The zero-order valence-electron chi connectivity index (χ0n) is 11.0. The van der Waals surface area contributed by atoms with E-state index in [0.29, 0.717) is 17.9 Å². The molecule has 2 rings (SSSR count). The fourth-order valence-corrected chi connectivity index (χ4v) is 3.72. The van der Waals surface area contributed by atoms with Gasteiger partial charge in [-0.25, -0.2) is 0 Å². The normalized spacial score (nSPS) is 18.6. The Balaban J connectivity index is 2.26. The molecule has 1 aromatic rings. The highest BCUT2D eigenvalue weighted by Gasteiger charge is 2.30. The zero-order valence-corrected chi connectivity index (χ0v) is 13.3. The summed E-state index contributed by atoms with van der Waals surface area (Å²) in [6.07, 6.45) is -0.0742. The maximum Gasteiger partial charge on any atom is 0.305 e. The quantitative estimate of drug-likeness (QED) is 0.820. The number of rotatable bonds is 3. The van der Waals surface area contributed by atoms with E-state index < -0.39 is 5.97 Å². The van der Waals surface area contributed by atoms with Crippen LogP contribution in [0.25, 0.3) is 0 Å². The number of hydrogen-bond donors (Lipinski definition) is 2. The molecule has 1 unspecified atom stereocenters. The van der Waals surface area contributed by atoms with E-state index in [-0.39, 0.29) is 34.1 Å². The number of carboxylic acids is 1. The maximum atomic E-state index is 12.6. The van der Waals surface area contributed by atoms with Gasteiger partial charge in [0, 0.05) is 23.6 Å². The summed E-state index contributed by atoms with van der Waals surface area (Å²) in [7, 11) is 0. The van der Waals surface area contributed by atoms with Gasteiger partial charge in [-0.3, -0.25) is 9.59 Å². The van der Waals surface area contributed by atoms with Crippen LogP contribution in [0, 0.1) is 0 Å². The van der Waals surface area contributed by atoms with Crippen LogP contribution in [-0.4, -0.2) is 46.0 Å². The number of anilines is 1. The van der Waals surface area contributed by atoms with Gasteiger partial charge in [0.25, 0.3) is 5.91 Å². The van der Waals surface area contributed by atoms with Gasteiger partial charge in [0.05, 0.1) is 28.2 Å². The second kappa shape index (κ2) is 6.77. The van der Waals surface area contributed by atoms with Crippen LogP contribution < -0.4 is 5.73 Å². The largest absolute Gasteiger partial charge is 0.481 e. The lowest BCUT2D eigenvalue weighted by Gasteiger charge is -2.34. The Morgan fingerprint density at radius 1 is 1.38 bits per heavy atom. The van der Waals surface area contributed by atoms with E-state index in [1.807, 2.05) is 0 Å². The average molecular weight is 349 g/mol. The Morgan fingerprint density at radius 2 is 2.00 bits per heavy atom. The molecular weight excluding hydrogens is 335 g/mol. The predicted octanol–water partition coefficient (Wildman–Crippen LogP) is 2.61. The van der Waals surface area contributed by atoms with Gasteiger partial charge in [-0.15, -0.1) is 0 Å². The summed E-state index contributed by atoms with van der Waals surface area (Å²) >= 11 is 13.5. The molecule has 1 atom stereocenters. The number of halogens is 2. The number of hydrogen-bond acceptors (Lipinski definition) is 4. The number of aliphatic carboxylic acids is 1. The molecule has 0 radical (unpaired) electrons. The fourth-order valence-electron chi connectivity index (χ4n) is 2.17. The summed E-state index contributed by atoms with van der Waals surface area (Å²) in [4.78, 5) is 25.1. The van der Waals surface area contributed by atoms with E-state index >= 15 is 0 Å². The van der Waals surface area contributed by atoms with E-state index in [4.69, 9.17) is 34.0 Å². The first-order valence-corrected chi connectivity index (χ1v) is 8.16. The minimum atomic E-state index is -0.923. The fraction of sp³-hybridized carbons (Fsp3) is 0.385. The third-order valence-corrected chi connectivity index (χ3v) is 4.94. The van der Waals surface area contributed by atoms with Crippen molar-refractivity contribution < 1.29 is 14.7 Å². The van der Waals surface area contributed by atoms with E-state index in [0.717, 1.165) is 5.75 Å². The lowest BCUT2D eigenvalue weighted by molar-refractivity contribution is -0.138. The lowest BCUT2D eigenvalue weighted by Crippen LogP contribution is -2.47. The number of carbonyl (C=O) groups is 2. The average Bonchev–Trinajstić information content (AvgIpc) is 2.43. The smallest absolute Gasteiger partial charge is 0.305 e. The third kappa shape index (κ3) is 3.75. The van der Waals surface area contributed by atoms with E-state index in [1.165, 1.54) is 12.1 Å². The third-order valence-electron chi connectivity index (χ3n) is 3.22. The molecule has 1 aliphatic heterocycles. The zero-order chi connectivity index (χ0) is 15.6. The first-order valence-electron chi connectivity index (χ1n) is 6.25. The van der Waals surface area contributed by atoms with Gasteiger partial charge in [-0.05, 0) is 12.1 Å². The number of nitrogens with zero attached hydrogens (tertiary/aromatic N) is 1. The SMILES string of the molecule is Nc1c(Cl)cc(C(=O)N2CCSCC2CC(=O)O)cc1Cl. The van der Waals surface area contributed by atoms with Crippen molar-refractivity contribution in [2.24, 2.45) is 0 Å². The van der Waals surface area contributed by atoms with Crippen molar-refractivity contribution in [2.75, 3.05) is 23.8 Å². The summed E-state index contributed by atoms with van der Waals surface area (Å²) in [6.45, 7) is 0.501.